The molecule has 2 amide bonds. The highest BCUT2D eigenvalue weighted by molar-refractivity contribution is 6.30. The van der Waals surface area contributed by atoms with Crippen LogP contribution < -0.4 is 10.1 Å². The summed E-state index contributed by atoms with van der Waals surface area (Å²) in [5.41, 5.74) is -0.126. The van der Waals surface area contributed by atoms with Gasteiger partial charge in [0.05, 0.1) is 20.2 Å². The highest BCUT2D eigenvalue weighted by Crippen LogP contribution is 2.28. The zero-order valence-electron chi connectivity index (χ0n) is 11.7. The van der Waals surface area contributed by atoms with Crippen molar-refractivity contribution in [2.75, 3.05) is 13.7 Å². The lowest BCUT2D eigenvalue weighted by molar-refractivity contribution is -0.152. The Kier molecular flexibility index (Phi) is 3.90. The normalized spacial score (nSPS) is 17.9. The first-order valence-corrected chi connectivity index (χ1v) is 6.65. The van der Waals surface area contributed by atoms with Crippen molar-refractivity contribution in [1.29, 1.82) is 0 Å². The second-order valence-corrected chi connectivity index (χ2v) is 5.61. The second kappa shape index (κ2) is 5.32. The number of benzene rings is 1. The molecule has 2 rings (SSSR count). The molecule has 5 nitrogen and oxygen atoms in total. The zero-order chi connectivity index (χ0) is 14.9. The maximum Gasteiger partial charge on any atom is 0.245 e. The van der Waals surface area contributed by atoms with E-state index in [1.54, 1.807) is 44.1 Å². The molecule has 0 bridgehead atoms. The Morgan fingerprint density at radius 3 is 2.75 bits per heavy atom. The molecule has 108 valence electrons. The molecule has 20 heavy (non-hydrogen) atoms. The smallest absolute Gasteiger partial charge is 0.245 e. The first-order chi connectivity index (χ1) is 9.36. The number of methoxy groups -OCH3 is 1. The van der Waals surface area contributed by atoms with Crippen molar-refractivity contribution in [2.45, 2.75) is 25.9 Å². The summed E-state index contributed by atoms with van der Waals surface area (Å²) in [4.78, 5) is 25.5. The van der Waals surface area contributed by atoms with Crippen molar-refractivity contribution in [3.63, 3.8) is 0 Å². The molecule has 1 heterocycles. The van der Waals surface area contributed by atoms with E-state index < -0.39 is 5.54 Å². The summed E-state index contributed by atoms with van der Waals surface area (Å²) in [5.74, 6) is 0.346. The minimum atomic E-state index is -0.900. The van der Waals surface area contributed by atoms with Crippen LogP contribution in [0.25, 0.3) is 0 Å². The summed E-state index contributed by atoms with van der Waals surface area (Å²) in [5, 5.41) is 3.15. The van der Waals surface area contributed by atoms with Crippen molar-refractivity contribution in [2.24, 2.45) is 0 Å². The first kappa shape index (κ1) is 14.7. The predicted octanol–water partition coefficient (Wildman–Crippen LogP) is 1.59. The molecule has 0 saturated carbocycles. The summed E-state index contributed by atoms with van der Waals surface area (Å²) in [6.07, 6.45) is 0. The van der Waals surface area contributed by atoms with Crippen molar-refractivity contribution >= 4 is 23.4 Å². The maximum atomic E-state index is 12.1. The Morgan fingerprint density at radius 2 is 2.10 bits per heavy atom. The van der Waals surface area contributed by atoms with Crippen LogP contribution in [0, 0.1) is 0 Å². The molecule has 6 heteroatoms. The highest BCUT2D eigenvalue weighted by atomic mass is 35.5. The summed E-state index contributed by atoms with van der Waals surface area (Å²) >= 11 is 5.99. The third-order valence-corrected chi connectivity index (χ3v) is 3.74. The molecule has 0 spiro atoms. The number of hydrogen-bond acceptors (Lipinski definition) is 3. The molecule has 1 fully saturated rings. The monoisotopic (exact) mass is 296 g/mol. The molecule has 1 aromatic rings. The van der Waals surface area contributed by atoms with Gasteiger partial charge in [-0.05, 0) is 32.0 Å². The molecule has 0 radical (unpaired) electrons. The van der Waals surface area contributed by atoms with Gasteiger partial charge in [0.15, 0.2) is 0 Å². The number of ether oxygens (including phenoxy) is 1. The van der Waals surface area contributed by atoms with Crippen LogP contribution in [0.1, 0.15) is 19.4 Å². The number of rotatable bonds is 3. The van der Waals surface area contributed by atoms with Crippen LogP contribution in [0.5, 0.6) is 5.75 Å². The molecule has 0 atom stereocenters. The average molecular weight is 297 g/mol. The second-order valence-electron chi connectivity index (χ2n) is 5.18. The van der Waals surface area contributed by atoms with Crippen molar-refractivity contribution in [1.82, 2.24) is 10.2 Å². The van der Waals surface area contributed by atoms with Crippen LogP contribution in [0.4, 0.5) is 0 Å². The summed E-state index contributed by atoms with van der Waals surface area (Å²) < 4.78 is 5.27. The first-order valence-electron chi connectivity index (χ1n) is 6.27. The average Bonchev–Trinajstić information content (AvgIpc) is 2.40. The highest BCUT2D eigenvalue weighted by Gasteiger charge is 2.41. The lowest BCUT2D eigenvalue weighted by Gasteiger charge is -2.41. The van der Waals surface area contributed by atoms with E-state index >= 15 is 0 Å². The summed E-state index contributed by atoms with van der Waals surface area (Å²) in [6, 6.07) is 5.22. The number of amides is 2. The minimum absolute atomic E-state index is 0.0190. The molecule has 1 N–H and O–H groups in total. The third-order valence-electron chi connectivity index (χ3n) is 3.50. The number of halogens is 1. The molecule has 1 aliphatic heterocycles. The van der Waals surface area contributed by atoms with Crippen LogP contribution in [0.2, 0.25) is 5.02 Å². The van der Waals surface area contributed by atoms with E-state index in [1.807, 2.05) is 0 Å². The van der Waals surface area contributed by atoms with Gasteiger partial charge in [0, 0.05) is 10.6 Å². The van der Waals surface area contributed by atoms with E-state index in [1.165, 1.54) is 0 Å². The van der Waals surface area contributed by atoms with Gasteiger partial charge < -0.3 is 15.0 Å². The number of nitrogens with one attached hydrogen (secondary N) is 1. The van der Waals surface area contributed by atoms with E-state index in [0.717, 1.165) is 5.56 Å². The lowest BCUT2D eigenvalue weighted by Crippen LogP contribution is -2.63. The Labute approximate surface area is 122 Å². The fraction of sp³-hybridized carbons (Fsp3) is 0.429. The van der Waals surface area contributed by atoms with Crippen LogP contribution in [-0.2, 0) is 16.1 Å². The van der Waals surface area contributed by atoms with Crippen molar-refractivity contribution in [3.8, 4) is 5.75 Å². The van der Waals surface area contributed by atoms with E-state index in [2.05, 4.69) is 5.32 Å². The Hall–Kier alpha value is -1.75. The number of nitrogens with zero attached hydrogens (tertiary/aromatic N) is 1. The van der Waals surface area contributed by atoms with Crippen LogP contribution in [0.15, 0.2) is 18.2 Å². The van der Waals surface area contributed by atoms with E-state index in [-0.39, 0.29) is 24.9 Å². The van der Waals surface area contributed by atoms with Gasteiger partial charge in [-0.1, -0.05) is 11.6 Å². The van der Waals surface area contributed by atoms with E-state index in [9.17, 15) is 9.59 Å². The molecule has 1 saturated heterocycles. The minimum Gasteiger partial charge on any atom is -0.496 e. The standard InChI is InChI=1S/C14H17ClN2O3/c1-14(2)13(19)16-7-12(18)17(14)8-9-6-10(15)4-5-11(9)20-3/h4-6H,7-8H2,1-3H3,(H,16,19). The molecule has 0 aromatic heterocycles. The molecular formula is C14H17ClN2O3. The zero-order valence-corrected chi connectivity index (χ0v) is 12.5. The van der Waals surface area contributed by atoms with Crippen LogP contribution >= 0.6 is 11.6 Å². The van der Waals surface area contributed by atoms with E-state index in [0.29, 0.717) is 10.8 Å². The van der Waals surface area contributed by atoms with Crippen molar-refractivity contribution < 1.29 is 14.3 Å². The van der Waals surface area contributed by atoms with Gasteiger partial charge in [0.25, 0.3) is 0 Å². The lowest BCUT2D eigenvalue weighted by atomic mass is 9.97. The summed E-state index contributed by atoms with van der Waals surface area (Å²) in [7, 11) is 1.56. The number of carbonyl (C=O) groups excluding carboxylic acids is 2. The fourth-order valence-corrected chi connectivity index (χ4v) is 2.42. The number of hydrogen-bond donors (Lipinski definition) is 1. The SMILES string of the molecule is COc1ccc(Cl)cc1CN1C(=O)CNC(=O)C1(C)C. The Morgan fingerprint density at radius 1 is 1.40 bits per heavy atom. The predicted molar refractivity (Wildman–Crippen MR) is 75.6 cm³/mol. The molecule has 0 aliphatic carbocycles. The van der Waals surface area contributed by atoms with Gasteiger partial charge in [-0.15, -0.1) is 0 Å². The van der Waals surface area contributed by atoms with Crippen molar-refractivity contribution in [3.05, 3.63) is 28.8 Å². The fourth-order valence-electron chi connectivity index (χ4n) is 2.23. The quantitative estimate of drug-likeness (QED) is 0.921. The van der Waals surface area contributed by atoms with Gasteiger partial charge >= 0.3 is 0 Å². The van der Waals surface area contributed by atoms with E-state index in [4.69, 9.17) is 16.3 Å². The maximum absolute atomic E-state index is 12.1. The van der Waals surface area contributed by atoms with Crippen LogP contribution in [0.3, 0.4) is 0 Å². The number of piperazine rings is 1. The molecule has 1 aliphatic rings. The molecular weight excluding hydrogens is 280 g/mol. The van der Waals surface area contributed by atoms with Gasteiger partial charge in [-0.2, -0.15) is 0 Å². The molecule has 1 aromatic carbocycles. The third kappa shape index (κ3) is 2.58. The van der Waals surface area contributed by atoms with Gasteiger partial charge in [0.1, 0.15) is 11.3 Å². The van der Waals surface area contributed by atoms with Gasteiger partial charge in [-0.25, -0.2) is 0 Å². The Bertz CT molecular complexity index is 557. The van der Waals surface area contributed by atoms with Gasteiger partial charge in [0.2, 0.25) is 11.8 Å². The van der Waals surface area contributed by atoms with Crippen LogP contribution in [-0.4, -0.2) is 35.9 Å². The topological polar surface area (TPSA) is 58.6 Å². The summed E-state index contributed by atoms with van der Waals surface area (Å²) in [6.45, 7) is 3.74. The largest absolute Gasteiger partial charge is 0.496 e. The number of carbonyl (C=O) groups is 2. The molecule has 0 unspecified atom stereocenters. The van der Waals surface area contributed by atoms with Gasteiger partial charge in [-0.3, -0.25) is 9.59 Å². The Balaban J connectivity index is 2.34.